The van der Waals surface area contributed by atoms with Gasteiger partial charge >= 0.3 is 0 Å². The van der Waals surface area contributed by atoms with E-state index in [0.29, 0.717) is 24.7 Å². The molecule has 1 atom stereocenters. The highest BCUT2D eigenvalue weighted by Crippen LogP contribution is 2.30. The van der Waals surface area contributed by atoms with E-state index in [-0.39, 0.29) is 18.2 Å². The first kappa shape index (κ1) is 19.4. The minimum atomic E-state index is -0.566. The third-order valence-corrected chi connectivity index (χ3v) is 5.56. The molecule has 1 unspecified atom stereocenters. The molecule has 0 radical (unpaired) electrons. The number of nitrogens with zero attached hydrogens (tertiary/aromatic N) is 1. The van der Waals surface area contributed by atoms with Crippen LogP contribution >= 0.6 is 11.6 Å². The lowest BCUT2D eigenvalue weighted by Crippen LogP contribution is -2.52. The smallest absolute Gasteiger partial charge is 0.227 e. The highest BCUT2D eigenvalue weighted by atomic mass is 35.5. The molecule has 1 saturated heterocycles. The van der Waals surface area contributed by atoms with Crippen LogP contribution in [0.5, 0.6) is 0 Å². The van der Waals surface area contributed by atoms with Crippen LogP contribution in [-0.2, 0) is 22.6 Å². The number of carbonyl (C=O) groups is 2. The molecule has 27 heavy (non-hydrogen) atoms. The molecule has 1 aliphatic heterocycles. The van der Waals surface area contributed by atoms with E-state index < -0.39 is 5.41 Å². The summed E-state index contributed by atoms with van der Waals surface area (Å²) in [6.07, 6.45) is 1.87. The third-order valence-electron chi connectivity index (χ3n) is 5.19. The van der Waals surface area contributed by atoms with Crippen molar-refractivity contribution in [1.82, 2.24) is 10.2 Å². The van der Waals surface area contributed by atoms with Crippen LogP contribution in [0.3, 0.4) is 0 Å². The SMILES string of the molecule is CC1(C(=O)NCc2ccccc2)CCCN(C(=O)Cc2ccccc2Cl)C1. The molecule has 4 nitrogen and oxygen atoms in total. The Morgan fingerprint density at radius 3 is 2.56 bits per heavy atom. The van der Waals surface area contributed by atoms with Gasteiger partial charge in [-0.3, -0.25) is 9.59 Å². The lowest BCUT2D eigenvalue weighted by Gasteiger charge is -2.39. The number of hydrogen-bond acceptors (Lipinski definition) is 2. The molecule has 1 fully saturated rings. The van der Waals surface area contributed by atoms with Crippen molar-refractivity contribution in [3.05, 3.63) is 70.7 Å². The van der Waals surface area contributed by atoms with Crippen molar-refractivity contribution in [2.45, 2.75) is 32.7 Å². The van der Waals surface area contributed by atoms with E-state index in [1.54, 1.807) is 11.0 Å². The van der Waals surface area contributed by atoms with Crippen molar-refractivity contribution in [3.63, 3.8) is 0 Å². The van der Waals surface area contributed by atoms with Crippen LogP contribution in [0, 0.1) is 5.41 Å². The van der Waals surface area contributed by atoms with Gasteiger partial charge in [0.15, 0.2) is 0 Å². The summed E-state index contributed by atoms with van der Waals surface area (Å²) in [6.45, 7) is 3.58. The van der Waals surface area contributed by atoms with Crippen molar-refractivity contribution in [2.24, 2.45) is 5.41 Å². The molecule has 1 heterocycles. The average Bonchev–Trinajstić information content (AvgIpc) is 2.68. The number of piperidine rings is 1. The highest BCUT2D eigenvalue weighted by Gasteiger charge is 2.39. The van der Waals surface area contributed by atoms with Gasteiger partial charge in [0.05, 0.1) is 11.8 Å². The minimum Gasteiger partial charge on any atom is -0.351 e. The third kappa shape index (κ3) is 4.89. The van der Waals surface area contributed by atoms with Crippen LogP contribution in [0.15, 0.2) is 54.6 Å². The largest absolute Gasteiger partial charge is 0.351 e. The summed E-state index contributed by atoms with van der Waals surface area (Å²) >= 11 is 6.18. The van der Waals surface area contributed by atoms with Crippen molar-refractivity contribution >= 4 is 23.4 Å². The van der Waals surface area contributed by atoms with Crippen LogP contribution in [-0.4, -0.2) is 29.8 Å². The maximum atomic E-state index is 12.8. The molecular weight excluding hydrogens is 360 g/mol. The molecule has 2 aromatic carbocycles. The fourth-order valence-electron chi connectivity index (χ4n) is 3.55. The first-order chi connectivity index (χ1) is 13.0. The summed E-state index contributed by atoms with van der Waals surface area (Å²) in [5.74, 6) is 0.0199. The molecule has 2 amide bonds. The molecule has 3 rings (SSSR count). The molecule has 0 aromatic heterocycles. The van der Waals surface area contributed by atoms with E-state index in [1.165, 1.54) is 0 Å². The summed E-state index contributed by atoms with van der Waals surface area (Å²) in [4.78, 5) is 27.3. The Kier molecular flexibility index (Phi) is 6.17. The second kappa shape index (κ2) is 8.57. The lowest BCUT2D eigenvalue weighted by atomic mass is 9.80. The van der Waals surface area contributed by atoms with E-state index in [4.69, 9.17) is 11.6 Å². The molecule has 1 N–H and O–H groups in total. The number of halogens is 1. The van der Waals surface area contributed by atoms with E-state index in [1.807, 2.05) is 55.5 Å². The first-order valence-electron chi connectivity index (χ1n) is 9.31. The van der Waals surface area contributed by atoms with E-state index in [0.717, 1.165) is 24.0 Å². The second-order valence-corrected chi connectivity index (χ2v) is 7.82. The average molecular weight is 385 g/mol. The number of likely N-dealkylation sites (tertiary alicyclic amines) is 1. The monoisotopic (exact) mass is 384 g/mol. The molecule has 1 aliphatic rings. The Hall–Kier alpha value is -2.33. The fourth-order valence-corrected chi connectivity index (χ4v) is 3.75. The Morgan fingerprint density at radius 1 is 1.11 bits per heavy atom. The van der Waals surface area contributed by atoms with Gasteiger partial charge in [-0.15, -0.1) is 0 Å². The van der Waals surface area contributed by atoms with Gasteiger partial charge in [-0.25, -0.2) is 0 Å². The maximum Gasteiger partial charge on any atom is 0.227 e. The van der Waals surface area contributed by atoms with Gasteiger partial charge in [0, 0.05) is 24.7 Å². The van der Waals surface area contributed by atoms with Crippen LogP contribution in [0.4, 0.5) is 0 Å². The lowest BCUT2D eigenvalue weighted by molar-refractivity contribution is -0.140. The molecule has 142 valence electrons. The molecule has 0 saturated carbocycles. The number of nitrogens with one attached hydrogen (secondary N) is 1. The number of rotatable bonds is 5. The van der Waals surface area contributed by atoms with Crippen LogP contribution in [0.1, 0.15) is 30.9 Å². The predicted molar refractivity (Wildman–Crippen MR) is 107 cm³/mol. The van der Waals surface area contributed by atoms with Crippen molar-refractivity contribution in [1.29, 1.82) is 0 Å². The van der Waals surface area contributed by atoms with Crippen molar-refractivity contribution < 1.29 is 9.59 Å². The van der Waals surface area contributed by atoms with E-state index in [2.05, 4.69) is 5.32 Å². The molecule has 5 heteroatoms. The van der Waals surface area contributed by atoms with Gasteiger partial charge in [0.2, 0.25) is 11.8 Å². The normalized spacial score (nSPS) is 19.6. The number of carbonyl (C=O) groups excluding carboxylic acids is 2. The summed E-state index contributed by atoms with van der Waals surface area (Å²) in [6, 6.07) is 17.2. The maximum absolute atomic E-state index is 12.8. The highest BCUT2D eigenvalue weighted by molar-refractivity contribution is 6.31. The van der Waals surface area contributed by atoms with Gasteiger partial charge in [-0.2, -0.15) is 0 Å². The molecule has 2 aromatic rings. The Labute approximate surface area is 165 Å². The summed E-state index contributed by atoms with van der Waals surface area (Å²) in [5, 5.41) is 3.63. The standard InChI is InChI=1S/C22H25ClN2O2/c1-22(21(27)24-15-17-8-3-2-4-9-17)12-7-13-25(16-22)20(26)14-18-10-5-6-11-19(18)23/h2-6,8-11H,7,12-16H2,1H3,(H,24,27). The minimum absolute atomic E-state index is 0.00148. The zero-order valence-corrected chi connectivity index (χ0v) is 16.3. The van der Waals surface area contributed by atoms with Crippen LogP contribution in [0.2, 0.25) is 5.02 Å². The van der Waals surface area contributed by atoms with E-state index in [9.17, 15) is 9.59 Å². The fraction of sp³-hybridized carbons (Fsp3) is 0.364. The van der Waals surface area contributed by atoms with E-state index >= 15 is 0 Å². The predicted octanol–water partition coefficient (Wildman–Crippen LogP) is 3.83. The zero-order valence-electron chi connectivity index (χ0n) is 15.6. The van der Waals surface area contributed by atoms with Gasteiger partial charge < -0.3 is 10.2 Å². The summed E-state index contributed by atoms with van der Waals surface area (Å²) in [7, 11) is 0. The van der Waals surface area contributed by atoms with Gasteiger partial charge in [0.25, 0.3) is 0 Å². The second-order valence-electron chi connectivity index (χ2n) is 7.42. The summed E-state index contributed by atoms with van der Waals surface area (Å²) in [5.41, 5.74) is 1.32. The summed E-state index contributed by atoms with van der Waals surface area (Å²) < 4.78 is 0. The van der Waals surface area contributed by atoms with Gasteiger partial charge in [-0.1, -0.05) is 60.1 Å². The number of amides is 2. The van der Waals surface area contributed by atoms with Crippen molar-refractivity contribution in [3.8, 4) is 0 Å². The van der Waals surface area contributed by atoms with Gasteiger partial charge in [-0.05, 0) is 37.0 Å². The Balaban J connectivity index is 1.60. The molecular formula is C22H25ClN2O2. The Morgan fingerprint density at radius 2 is 1.81 bits per heavy atom. The van der Waals surface area contributed by atoms with Crippen molar-refractivity contribution in [2.75, 3.05) is 13.1 Å². The van der Waals surface area contributed by atoms with Crippen LogP contribution < -0.4 is 5.32 Å². The zero-order chi connectivity index (χ0) is 19.3. The Bertz CT molecular complexity index is 809. The first-order valence-corrected chi connectivity index (χ1v) is 9.69. The molecule has 0 spiro atoms. The number of benzene rings is 2. The van der Waals surface area contributed by atoms with Crippen LogP contribution in [0.25, 0.3) is 0 Å². The topological polar surface area (TPSA) is 49.4 Å². The quantitative estimate of drug-likeness (QED) is 0.851. The van der Waals surface area contributed by atoms with Gasteiger partial charge in [0.1, 0.15) is 0 Å². The molecule has 0 bridgehead atoms. The number of hydrogen-bond donors (Lipinski definition) is 1. The molecule has 0 aliphatic carbocycles.